The van der Waals surface area contributed by atoms with Crippen LogP contribution in [0.4, 0.5) is 0 Å². The molecule has 3 aromatic rings. The van der Waals surface area contributed by atoms with Crippen molar-refractivity contribution in [3.8, 4) is 11.5 Å². The van der Waals surface area contributed by atoms with Gasteiger partial charge < -0.3 is 19.3 Å². The number of benzene rings is 2. The minimum absolute atomic E-state index is 0. The predicted octanol–water partition coefficient (Wildman–Crippen LogP) is 6.75. The lowest BCUT2D eigenvalue weighted by Gasteiger charge is -2.46. The van der Waals surface area contributed by atoms with Gasteiger partial charge in [-0.3, -0.25) is 14.7 Å². The highest BCUT2D eigenvalue weighted by molar-refractivity contribution is 5.85. The average molecular weight is 618 g/mol. The molecule has 7 nitrogen and oxygen atoms in total. The Kier molecular flexibility index (Phi) is 13.4. The number of pyridine rings is 1. The van der Waals surface area contributed by atoms with Crippen LogP contribution < -0.4 is 9.47 Å². The molecule has 5 rings (SSSR count). The topological polar surface area (TPSA) is 81.1 Å². The number of aliphatic carboxylic acids is 1. The molecule has 0 saturated carbocycles. The van der Waals surface area contributed by atoms with Gasteiger partial charge in [0.1, 0.15) is 18.1 Å². The Morgan fingerprint density at radius 1 is 0.905 bits per heavy atom. The molecule has 0 radical (unpaired) electrons. The summed E-state index contributed by atoms with van der Waals surface area (Å²) in [5.41, 5.74) is 3.49. The molecular weight excluding hydrogens is 575 g/mol. The molecular formula is C33H42Cl2N2O5. The van der Waals surface area contributed by atoms with Crippen molar-refractivity contribution in [1.29, 1.82) is 0 Å². The SMILES string of the molecule is Cl.Cl.O=C(O)CCc1ccc(OCc2ccc(CN3CCC4(CC3)CC(CCOc3ccncc3)CCO4)cc2)cc1. The molecule has 2 fully saturated rings. The Labute approximate surface area is 261 Å². The molecule has 1 aromatic heterocycles. The summed E-state index contributed by atoms with van der Waals surface area (Å²) in [6.07, 6.45) is 9.74. The summed E-state index contributed by atoms with van der Waals surface area (Å²) in [4.78, 5) is 17.3. The molecule has 1 atom stereocenters. The molecule has 1 spiro atoms. The Hall–Kier alpha value is -2.84. The lowest BCUT2D eigenvalue weighted by molar-refractivity contribution is -0.137. The van der Waals surface area contributed by atoms with Crippen molar-refractivity contribution in [3.05, 3.63) is 89.7 Å². The standard InChI is InChI=1S/C33H40N2O5.2ClH/c36-32(37)10-7-26-5-8-30(9-6-26)39-25-29-3-1-28(2-4-29)24-35-19-15-33(16-20-35)23-27(14-22-40-33)13-21-38-31-11-17-34-18-12-31;;/h1-6,8-9,11-12,17-18,27H,7,10,13-16,19-25H2,(H,36,37);2*1H. The van der Waals surface area contributed by atoms with Gasteiger partial charge >= 0.3 is 5.97 Å². The van der Waals surface area contributed by atoms with E-state index < -0.39 is 5.97 Å². The van der Waals surface area contributed by atoms with Gasteiger partial charge in [-0.05, 0) is 85.4 Å². The number of carboxylic acids is 1. The minimum Gasteiger partial charge on any atom is -0.493 e. The van der Waals surface area contributed by atoms with E-state index in [9.17, 15) is 4.79 Å². The van der Waals surface area contributed by atoms with Crippen LogP contribution in [0.3, 0.4) is 0 Å². The first-order valence-electron chi connectivity index (χ1n) is 14.5. The largest absolute Gasteiger partial charge is 0.493 e. The number of rotatable bonds is 12. The second-order valence-electron chi connectivity index (χ2n) is 11.1. The van der Waals surface area contributed by atoms with E-state index in [2.05, 4.69) is 34.1 Å². The molecule has 1 N–H and O–H groups in total. The molecule has 0 amide bonds. The van der Waals surface area contributed by atoms with Crippen LogP contribution in [0.1, 0.15) is 55.2 Å². The zero-order valence-electron chi connectivity index (χ0n) is 24.0. The van der Waals surface area contributed by atoms with Crippen molar-refractivity contribution >= 4 is 30.8 Å². The zero-order valence-corrected chi connectivity index (χ0v) is 25.6. The smallest absolute Gasteiger partial charge is 0.303 e. The van der Waals surface area contributed by atoms with Crippen LogP contribution in [0, 0.1) is 5.92 Å². The van der Waals surface area contributed by atoms with Crippen molar-refractivity contribution in [1.82, 2.24) is 9.88 Å². The van der Waals surface area contributed by atoms with Crippen LogP contribution in [0.2, 0.25) is 0 Å². The molecule has 2 saturated heterocycles. The predicted molar refractivity (Wildman–Crippen MR) is 168 cm³/mol. The summed E-state index contributed by atoms with van der Waals surface area (Å²) in [5.74, 6) is 1.57. The van der Waals surface area contributed by atoms with E-state index in [1.165, 1.54) is 5.56 Å². The number of aromatic nitrogens is 1. The number of ether oxygens (including phenoxy) is 3. The summed E-state index contributed by atoms with van der Waals surface area (Å²) < 4.78 is 18.2. The number of carbonyl (C=O) groups is 1. The first kappa shape index (κ1) is 33.7. The third-order valence-electron chi connectivity index (χ3n) is 8.19. The van der Waals surface area contributed by atoms with Gasteiger partial charge in [0.15, 0.2) is 0 Å². The second-order valence-corrected chi connectivity index (χ2v) is 11.1. The third-order valence-corrected chi connectivity index (χ3v) is 8.19. The molecule has 0 bridgehead atoms. The number of likely N-dealkylation sites (tertiary alicyclic amines) is 1. The van der Waals surface area contributed by atoms with Gasteiger partial charge in [0.2, 0.25) is 0 Å². The Morgan fingerprint density at radius 3 is 2.24 bits per heavy atom. The fourth-order valence-corrected chi connectivity index (χ4v) is 5.79. The summed E-state index contributed by atoms with van der Waals surface area (Å²) in [6, 6.07) is 20.2. The van der Waals surface area contributed by atoms with E-state index in [1.54, 1.807) is 12.4 Å². The Balaban J connectivity index is 0.00000242. The summed E-state index contributed by atoms with van der Waals surface area (Å²) >= 11 is 0. The van der Waals surface area contributed by atoms with Gasteiger partial charge in [-0.1, -0.05) is 36.4 Å². The summed E-state index contributed by atoms with van der Waals surface area (Å²) in [6.45, 7) is 5.20. The Morgan fingerprint density at radius 2 is 1.55 bits per heavy atom. The first-order valence-corrected chi connectivity index (χ1v) is 14.5. The van der Waals surface area contributed by atoms with Gasteiger partial charge in [-0.2, -0.15) is 0 Å². The molecule has 1 unspecified atom stereocenters. The number of halogens is 2. The number of piperidine rings is 1. The van der Waals surface area contributed by atoms with E-state index in [0.29, 0.717) is 18.9 Å². The maximum absolute atomic E-state index is 10.7. The summed E-state index contributed by atoms with van der Waals surface area (Å²) in [7, 11) is 0. The third kappa shape index (κ3) is 10.2. The van der Waals surface area contributed by atoms with Crippen molar-refractivity contribution in [3.63, 3.8) is 0 Å². The van der Waals surface area contributed by atoms with Crippen LogP contribution in [0.5, 0.6) is 11.5 Å². The number of aryl methyl sites for hydroxylation is 1. The Bertz CT molecular complexity index is 1200. The molecule has 2 aromatic carbocycles. The average Bonchev–Trinajstić information content (AvgIpc) is 2.98. The van der Waals surface area contributed by atoms with Crippen LogP contribution in [0.15, 0.2) is 73.1 Å². The fraction of sp³-hybridized carbons (Fsp3) is 0.455. The van der Waals surface area contributed by atoms with E-state index >= 15 is 0 Å². The van der Waals surface area contributed by atoms with E-state index in [1.807, 2.05) is 36.4 Å². The van der Waals surface area contributed by atoms with E-state index in [-0.39, 0.29) is 36.8 Å². The van der Waals surface area contributed by atoms with Crippen LogP contribution in [-0.4, -0.2) is 52.9 Å². The maximum atomic E-state index is 10.7. The molecule has 2 aliphatic heterocycles. The van der Waals surface area contributed by atoms with Crippen LogP contribution in [0.25, 0.3) is 0 Å². The van der Waals surface area contributed by atoms with E-state index in [0.717, 1.165) is 87.6 Å². The van der Waals surface area contributed by atoms with Gasteiger partial charge in [0, 0.05) is 45.1 Å². The highest BCUT2D eigenvalue weighted by Crippen LogP contribution is 2.39. The van der Waals surface area contributed by atoms with Crippen LogP contribution in [-0.2, 0) is 29.1 Å². The quantitative estimate of drug-likeness (QED) is 0.241. The van der Waals surface area contributed by atoms with Gasteiger partial charge in [0.05, 0.1) is 12.2 Å². The molecule has 0 aliphatic carbocycles. The number of nitrogens with zero attached hydrogens (tertiary/aromatic N) is 2. The maximum Gasteiger partial charge on any atom is 0.303 e. The lowest BCUT2D eigenvalue weighted by atomic mass is 9.78. The van der Waals surface area contributed by atoms with Crippen molar-refractivity contribution in [2.24, 2.45) is 5.92 Å². The van der Waals surface area contributed by atoms with Crippen molar-refractivity contribution in [2.45, 2.75) is 63.7 Å². The van der Waals surface area contributed by atoms with Gasteiger partial charge in [-0.25, -0.2) is 0 Å². The summed E-state index contributed by atoms with van der Waals surface area (Å²) in [5, 5.41) is 8.83. The molecule has 2 aliphatic rings. The molecule has 3 heterocycles. The van der Waals surface area contributed by atoms with Crippen LogP contribution >= 0.6 is 24.8 Å². The van der Waals surface area contributed by atoms with Crippen molar-refractivity contribution < 1.29 is 24.1 Å². The fourth-order valence-electron chi connectivity index (χ4n) is 5.79. The zero-order chi connectivity index (χ0) is 27.6. The van der Waals surface area contributed by atoms with Gasteiger partial charge in [-0.15, -0.1) is 24.8 Å². The highest BCUT2D eigenvalue weighted by Gasteiger charge is 2.40. The highest BCUT2D eigenvalue weighted by atomic mass is 35.5. The number of carboxylic acid groups (broad SMARTS) is 1. The monoisotopic (exact) mass is 616 g/mol. The minimum atomic E-state index is -0.778. The number of hydrogen-bond acceptors (Lipinski definition) is 6. The molecule has 9 heteroatoms. The molecule has 228 valence electrons. The van der Waals surface area contributed by atoms with Crippen molar-refractivity contribution in [2.75, 3.05) is 26.3 Å². The molecule has 42 heavy (non-hydrogen) atoms. The first-order chi connectivity index (χ1) is 19.6. The second kappa shape index (κ2) is 16.7. The van der Waals surface area contributed by atoms with Gasteiger partial charge in [0.25, 0.3) is 0 Å². The normalized spacial score (nSPS) is 18.0. The van der Waals surface area contributed by atoms with E-state index in [4.69, 9.17) is 19.3 Å². The lowest BCUT2D eigenvalue weighted by Crippen LogP contribution is -2.49. The number of hydrogen-bond donors (Lipinski definition) is 1.